The molecular formula is C11H20N2OS. The summed E-state index contributed by atoms with van der Waals surface area (Å²) in [5.41, 5.74) is 0. The Morgan fingerprint density at radius 2 is 2.20 bits per heavy atom. The van der Waals surface area contributed by atoms with Crippen molar-refractivity contribution < 1.29 is 4.79 Å². The van der Waals surface area contributed by atoms with Crippen LogP contribution in [0.5, 0.6) is 0 Å². The largest absolute Gasteiger partial charge is 0.351 e. The zero-order valence-corrected chi connectivity index (χ0v) is 10.6. The van der Waals surface area contributed by atoms with Gasteiger partial charge >= 0.3 is 0 Å². The van der Waals surface area contributed by atoms with Crippen molar-refractivity contribution >= 4 is 17.7 Å². The number of nitrogens with one attached hydrogen (secondary N) is 1. The monoisotopic (exact) mass is 228 g/mol. The zero-order valence-electron chi connectivity index (χ0n) is 9.75. The van der Waals surface area contributed by atoms with Crippen LogP contribution in [-0.4, -0.2) is 24.0 Å². The van der Waals surface area contributed by atoms with Gasteiger partial charge in [-0.15, -0.1) is 0 Å². The summed E-state index contributed by atoms with van der Waals surface area (Å²) in [6, 6.07) is 2.25. The topological polar surface area (TPSA) is 52.9 Å². The maximum absolute atomic E-state index is 11.7. The van der Waals surface area contributed by atoms with E-state index in [1.54, 1.807) is 11.8 Å². The molecule has 3 nitrogen and oxygen atoms in total. The van der Waals surface area contributed by atoms with Crippen LogP contribution >= 0.6 is 11.8 Å². The van der Waals surface area contributed by atoms with Crippen molar-refractivity contribution in [1.82, 2.24) is 5.32 Å². The van der Waals surface area contributed by atoms with Gasteiger partial charge in [-0.3, -0.25) is 4.79 Å². The summed E-state index contributed by atoms with van der Waals surface area (Å²) in [7, 11) is 0. The molecule has 0 aromatic heterocycles. The molecule has 0 rings (SSSR count). The standard InChI is InChI=1S/C11H20N2OS/c1-4-6-9(7-12)11(14)13-10(5-2)8-15-3/h9-10H,4-6,8H2,1-3H3,(H,13,14). The SMILES string of the molecule is CCCC(C#N)C(=O)NC(CC)CSC. The number of nitriles is 1. The fourth-order valence-corrected chi connectivity index (χ4v) is 2.03. The fraction of sp³-hybridized carbons (Fsp3) is 0.818. The third kappa shape index (κ3) is 5.68. The van der Waals surface area contributed by atoms with Crippen molar-refractivity contribution in [3.63, 3.8) is 0 Å². The second kappa shape index (κ2) is 8.60. The van der Waals surface area contributed by atoms with Gasteiger partial charge < -0.3 is 5.32 Å². The lowest BCUT2D eigenvalue weighted by Gasteiger charge is -2.17. The Morgan fingerprint density at radius 1 is 1.53 bits per heavy atom. The number of carbonyl (C=O) groups excluding carboxylic acids is 1. The third-order valence-corrected chi connectivity index (χ3v) is 2.99. The zero-order chi connectivity index (χ0) is 11.7. The van der Waals surface area contributed by atoms with E-state index in [9.17, 15) is 4.79 Å². The van der Waals surface area contributed by atoms with Gasteiger partial charge in [-0.05, 0) is 19.1 Å². The Hall–Kier alpha value is -0.690. The quantitative estimate of drug-likeness (QED) is 0.726. The Morgan fingerprint density at radius 3 is 2.60 bits per heavy atom. The molecule has 0 saturated heterocycles. The van der Waals surface area contributed by atoms with E-state index in [1.807, 2.05) is 20.1 Å². The maximum Gasteiger partial charge on any atom is 0.237 e. The molecule has 15 heavy (non-hydrogen) atoms. The number of amides is 1. The van der Waals surface area contributed by atoms with Gasteiger partial charge in [0.15, 0.2) is 0 Å². The first kappa shape index (κ1) is 14.3. The molecular weight excluding hydrogens is 208 g/mol. The van der Waals surface area contributed by atoms with E-state index in [0.29, 0.717) is 6.42 Å². The lowest BCUT2D eigenvalue weighted by molar-refractivity contribution is -0.124. The summed E-state index contributed by atoms with van der Waals surface area (Å²) in [4.78, 5) is 11.7. The van der Waals surface area contributed by atoms with Gasteiger partial charge in [0.1, 0.15) is 5.92 Å². The molecule has 0 heterocycles. The summed E-state index contributed by atoms with van der Waals surface area (Å²) < 4.78 is 0. The maximum atomic E-state index is 11.7. The molecule has 86 valence electrons. The Kier molecular flexibility index (Phi) is 8.21. The van der Waals surface area contributed by atoms with Crippen LogP contribution in [0.4, 0.5) is 0 Å². The number of rotatable bonds is 7. The lowest BCUT2D eigenvalue weighted by atomic mass is 10.0. The molecule has 0 aliphatic carbocycles. The molecule has 1 N–H and O–H groups in total. The average molecular weight is 228 g/mol. The van der Waals surface area contributed by atoms with E-state index in [-0.39, 0.29) is 11.9 Å². The molecule has 0 aromatic rings. The number of carbonyl (C=O) groups is 1. The molecule has 0 bridgehead atoms. The molecule has 4 heteroatoms. The molecule has 0 aromatic carbocycles. The molecule has 0 spiro atoms. The van der Waals surface area contributed by atoms with Crippen LogP contribution in [0, 0.1) is 17.2 Å². The summed E-state index contributed by atoms with van der Waals surface area (Å²) in [5.74, 6) is 0.318. The molecule has 1 amide bonds. The van der Waals surface area contributed by atoms with Crippen LogP contribution in [0.2, 0.25) is 0 Å². The number of hydrogen-bond acceptors (Lipinski definition) is 3. The minimum Gasteiger partial charge on any atom is -0.351 e. The van der Waals surface area contributed by atoms with Crippen LogP contribution in [0.1, 0.15) is 33.1 Å². The first-order valence-corrected chi connectivity index (χ1v) is 6.77. The fourth-order valence-electron chi connectivity index (χ4n) is 1.31. The van der Waals surface area contributed by atoms with Gasteiger partial charge in [0.2, 0.25) is 5.91 Å². The predicted molar refractivity (Wildman–Crippen MR) is 64.6 cm³/mol. The van der Waals surface area contributed by atoms with E-state index in [1.165, 1.54) is 0 Å². The smallest absolute Gasteiger partial charge is 0.237 e. The van der Waals surface area contributed by atoms with Crippen molar-refractivity contribution in [1.29, 1.82) is 5.26 Å². The van der Waals surface area contributed by atoms with Crippen LogP contribution in [0.15, 0.2) is 0 Å². The minimum atomic E-state index is -0.481. The van der Waals surface area contributed by atoms with Crippen molar-refractivity contribution in [3.05, 3.63) is 0 Å². The molecule has 2 atom stereocenters. The number of hydrogen-bond donors (Lipinski definition) is 1. The van der Waals surface area contributed by atoms with Gasteiger partial charge in [-0.25, -0.2) is 0 Å². The van der Waals surface area contributed by atoms with E-state index >= 15 is 0 Å². The number of nitrogens with zero attached hydrogens (tertiary/aromatic N) is 1. The van der Waals surface area contributed by atoms with Gasteiger partial charge in [-0.2, -0.15) is 17.0 Å². The van der Waals surface area contributed by atoms with E-state index < -0.39 is 5.92 Å². The van der Waals surface area contributed by atoms with E-state index in [0.717, 1.165) is 18.6 Å². The summed E-state index contributed by atoms with van der Waals surface area (Å²) in [6.07, 6.45) is 4.45. The van der Waals surface area contributed by atoms with Crippen LogP contribution < -0.4 is 5.32 Å². The normalized spacial score (nSPS) is 14.0. The summed E-state index contributed by atoms with van der Waals surface area (Å²) >= 11 is 1.71. The Bertz CT molecular complexity index is 225. The molecule has 0 radical (unpaired) electrons. The highest BCUT2D eigenvalue weighted by molar-refractivity contribution is 7.98. The molecule has 0 aliphatic heterocycles. The summed E-state index contributed by atoms with van der Waals surface area (Å²) in [5, 5.41) is 11.7. The van der Waals surface area contributed by atoms with E-state index in [2.05, 4.69) is 11.4 Å². The van der Waals surface area contributed by atoms with Gasteiger partial charge in [0.05, 0.1) is 6.07 Å². The Labute approximate surface area is 96.6 Å². The van der Waals surface area contributed by atoms with Crippen LogP contribution in [0.25, 0.3) is 0 Å². The van der Waals surface area contributed by atoms with E-state index in [4.69, 9.17) is 5.26 Å². The molecule has 0 aliphatic rings. The minimum absolute atomic E-state index is 0.111. The molecule has 0 fully saturated rings. The van der Waals surface area contributed by atoms with Crippen molar-refractivity contribution in [3.8, 4) is 6.07 Å². The highest BCUT2D eigenvalue weighted by Gasteiger charge is 2.19. The third-order valence-electron chi connectivity index (χ3n) is 2.26. The number of thioether (sulfide) groups is 1. The molecule has 0 saturated carbocycles. The first-order valence-electron chi connectivity index (χ1n) is 5.38. The van der Waals surface area contributed by atoms with Crippen molar-refractivity contribution in [2.45, 2.75) is 39.2 Å². The van der Waals surface area contributed by atoms with Gasteiger partial charge in [0.25, 0.3) is 0 Å². The van der Waals surface area contributed by atoms with Gasteiger partial charge in [0, 0.05) is 11.8 Å². The van der Waals surface area contributed by atoms with Crippen molar-refractivity contribution in [2.75, 3.05) is 12.0 Å². The highest BCUT2D eigenvalue weighted by atomic mass is 32.2. The predicted octanol–water partition coefficient (Wildman–Crippen LogP) is 2.18. The average Bonchev–Trinajstić information content (AvgIpc) is 2.24. The van der Waals surface area contributed by atoms with Crippen LogP contribution in [0.3, 0.4) is 0 Å². The van der Waals surface area contributed by atoms with Crippen LogP contribution in [-0.2, 0) is 4.79 Å². The second-order valence-corrected chi connectivity index (χ2v) is 4.45. The lowest BCUT2D eigenvalue weighted by Crippen LogP contribution is -2.39. The first-order chi connectivity index (χ1) is 7.19. The summed E-state index contributed by atoms with van der Waals surface area (Å²) in [6.45, 7) is 4.03. The molecule has 2 unspecified atom stereocenters. The van der Waals surface area contributed by atoms with Crippen molar-refractivity contribution in [2.24, 2.45) is 5.92 Å². The highest BCUT2D eigenvalue weighted by Crippen LogP contribution is 2.07. The second-order valence-electron chi connectivity index (χ2n) is 3.54. The Balaban J connectivity index is 4.13. The van der Waals surface area contributed by atoms with Gasteiger partial charge in [-0.1, -0.05) is 20.3 Å².